The smallest absolute Gasteiger partial charge is 0.317 e. The van der Waals surface area contributed by atoms with Crippen LogP contribution in [0.25, 0.3) is 0 Å². The van der Waals surface area contributed by atoms with E-state index >= 15 is 0 Å². The van der Waals surface area contributed by atoms with Crippen molar-refractivity contribution < 1.29 is 14.3 Å². The Bertz CT molecular complexity index is 814. The van der Waals surface area contributed by atoms with Crippen LogP contribution in [-0.2, 0) is 24.4 Å². The highest BCUT2D eigenvalue weighted by Gasteiger charge is 2.27. The van der Waals surface area contributed by atoms with E-state index in [-0.39, 0.29) is 12.1 Å². The summed E-state index contributed by atoms with van der Waals surface area (Å²) in [5, 5.41) is 11.4. The van der Waals surface area contributed by atoms with E-state index in [1.54, 1.807) is 14.2 Å². The largest absolute Gasteiger partial charge is 0.497 e. The topological polar surface area (TPSA) is 84.8 Å². The van der Waals surface area contributed by atoms with Crippen LogP contribution in [-0.4, -0.2) is 71.2 Å². The molecule has 1 N–H and O–H groups in total. The molecule has 2 aromatic rings. The zero-order valence-corrected chi connectivity index (χ0v) is 16.3. The maximum atomic E-state index is 11.7. The molecule has 4 rings (SSSR count). The lowest BCUT2D eigenvalue weighted by atomic mass is 10.1. The Morgan fingerprint density at radius 2 is 2.00 bits per heavy atom. The first-order chi connectivity index (χ1) is 13.7. The summed E-state index contributed by atoms with van der Waals surface area (Å²) in [6, 6.07) is 7.92. The van der Waals surface area contributed by atoms with Gasteiger partial charge in [-0.1, -0.05) is 17.3 Å². The molecule has 150 valence electrons. The molecule has 1 aromatic heterocycles. The third kappa shape index (κ3) is 3.81. The van der Waals surface area contributed by atoms with Crippen molar-refractivity contribution >= 4 is 6.03 Å². The number of rotatable bonds is 4. The van der Waals surface area contributed by atoms with E-state index < -0.39 is 0 Å². The predicted octanol–water partition coefficient (Wildman–Crippen LogP) is 1.02. The van der Waals surface area contributed by atoms with Crippen molar-refractivity contribution in [2.45, 2.75) is 25.8 Å². The number of fused-ring (bicyclic) bond motifs is 1. The molecule has 3 heterocycles. The van der Waals surface area contributed by atoms with Gasteiger partial charge in [0.1, 0.15) is 17.5 Å². The third-order valence-corrected chi connectivity index (χ3v) is 5.41. The first kappa shape index (κ1) is 18.7. The van der Waals surface area contributed by atoms with E-state index in [4.69, 9.17) is 9.47 Å². The molecule has 0 saturated carbocycles. The van der Waals surface area contributed by atoms with Gasteiger partial charge in [-0.05, 0) is 17.7 Å². The molecule has 9 heteroatoms. The number of urea groups is 1. The van der Waals surface area contributed by atoms with Gasteiger partial charge in [0.2, 0.25) is 0 Å². The van der Waals surface area contributed by atoms with Gasteiger partial charge in [-0.2, -0.15) is 0 Å². The number of ether oxygens (including phenoxy) is 2. The number of carbonyl (C=O) groups is 1. The molecule has 28 heavy (non-hydrogen) atoms. The lowest BCUT2D eigenvalue weighted by molar-refractivity contribution is -0.00220. The molecule has 1 atom stereocenters. The van der Waals surface area contributed by atoms with Crippen molar-refractivity contribution in [3.8, 4) is 5.75 Å². The third-order valence-electron chi connectivity index (χ3n) is 5.41. The second-order valence-corrected chi connectivity index (χ2v) is 7.06. The van der Waals surface area contributed by atoms with Gasteiger partial charge in [0.05, 0.1) is 26.0 Å². The van der Waals surface area contributed by atoms with Gasteiger partial charge >= 0.3 is 6.03 Å². The molecule has 0 unspecified atom stereocenters. The van der Waals surface area contributed by atoms with Gasteiger partial charge in [-0.25, -0.2) is 9.48 Å². The predicted molar refractivity (Wildman–Crippen MR) is 102 cm³/mol. The second-order valence-electron chi connectivity index (χ2n) is 7.06. The molecular formula is C19H26N6O3. The van der Waals surface area contributed by atoms with Crippen molar-refractivity contribution in [2.75, 3.05) is 40.3 Å². The van der Waals surface area contributed by atoms with Crippen LogP contribution in [0.4, 0.5) is 4.79 Å². The van der Waals surface area contributed by atoms with Crippen LogP contribution in [0, 0.1) is 0 Å². The summed E-state index contributed by atoms with van der Waals surface area (Å²) in [5.74, 6) is 0.833. The minimum Gasteiger partial charge on any atom is -0.497 e. The Labute approximate surface area is 164 Å². The van der Waals surface area contributed by atoms with Crippen molar-refractivity contribution in [3.63, 3.8) is 0 Å². The Morgan fingerprint density at radius 1 is 1.25 bits per heavy atom. The van der Waals surface area contributed by atoms with E-state index in [2.05, 4.69) is 20.5 Å². The molecule has 9 nitrogen and oxygen atoms in total. The normalized spacial score (nSPS) is 19.9. The lowest BCUT2D eigenvalue weighted by Gasteiger charge is -2.34. The van der Waals surface area contributed by atoms with Crippen molar-refractivity contribution in [1.82, 2.24) is 30.1 Å². The number of benzene rings is 1. The van der Waals surface area contributed by atoms with Crippen LogP contribution >= 0.6 is 0 Å². The average Bonchev–Trinajstić information content (AvgIpc) is 3.15. The lowest BCUT2D eigenvalue weighted by Crippen LogP contribution is -2.50. The quantitative estimate of drug-likeness (QED) is 0.844. The van der Waals surface area contributed by atoms with Gasteiger partial charge < -0.3 is 19.7 Å². The first-order valence-corrected chi connectivity index (χ1v) is 9.53. The molecule has 1 saturated heterocycles. The summed E-state index contributed by atoms with van der Waals surface area (Å²) in [4.78, 5) is 15.9. The van der Waals surface area contributed by atoms with E-state index in [0.29, 0.717) is 13.2 Å². The van der Waals surface area contributed by atoms with Crippen LogP contribution in [0.2, 0.25) is 0 Å². The van der Waals surface area contributed by atoms with E-state index in [1.165, 1.54) is 0 Å². The van der Waals surface area contributed by atoms with Gasteiger partial charge in [0.15, 0.2) is 0 Å². The Balaban J connectivity index is 1.37. The van der Waals surface area contributed by atoms with Gasteiger partial charge in [-0.15, -0.1) is 5.10 Å². The zero-order chi connectivity index (χ0) is 19.5. The SMILES string of the molecule is CNC(=O)N1CCN(Cc2nnn3c2CO[C@@H](c2ccc(OC)cc2)C3)CC1. The van der Waals surface area contributed by atoms with Gasteiger partial charge in [-0.3, -0.25) is 4.90 Å². The van der Waals surface area contributed by atoms with Gasteiger partial charge in [0.25, 0.3) is 0 Å². The summed E-state index contributed by atoms with van der Waals surface area (Å²) in [7, 11) is 3.32. The fourth-order valence-corrected chi connectivity index (χ4v) is 3.68. The first-order valence-electron chi connectivity index (χ1n) is 9.53. The van der Waals surface area contributed by atoms with E-state index in [9.17, 15) is 4.79 Å². The highest BCUT2D eigenvalue weighted by molar-refractivity contribution is 5.73. The van der Waals surface area contributed by atoms with E-state index in [0.717, 1.165) is 55.4 Å². The molecule has 0 radical (unpaired) electrons. The van der Waals surface area contributed by atoms with Crippen LogP contribution in [0.3, 0.4) is 0 Å². The van der Waals surface area contributed by atoms with Crippen LogP contribution in [0.15, 0.2) is 24.3 Å². The number of carbonyl (C=O) groups excluding carboxylic acids is 1. The van der Waals surface area contributed by atoms with Crippen LogP contribution < -0.4 is 10.1 Å². The number of methoxy groups -OCH3 is 1. The molecule has 2 aliphatic heterocycles. The Hall–Kier alpha value is -2.65. The number of aromatic nitrogens is 3. The number of nitrogens with one attached hydrogen (secondary N) is 1. The molecule has 1 fully saturated rings. The summed E-state index contributed by atoms with van der Waals surface area (Å²) < 4.78 is 13.3. The molecule has 2 amide bonds. The second kappa shape index (κ2) is 8.15. The highest BCUT2D eigenvalue weighted by atomic mass is 16.5. The van der Waals surface area contributed by atoms with Crippen molar-refractivity contribution in [2.24, 2.45) is 0 Å². The van der Waals surface area contributed by atoms with Gasteiger partial charge in [0, 0.05) is 39.8 Å². The van der Waals surface area contributed by atoms with Crippen LogP contribution in [0.1, 0.15) is 23.1 Å². The van der Waals surface area contributed by atoms with Crippen molar-refractivity contribution in [3.05, 3.63) is 41.2 Å². The van der Waals surface area contributed by atoms with Crippen molar-refractivity contribution in [1.29, 1.82) is 0 Å². The highest BCUT2D eigenvalue weighted by Crippen LogP contribution is 2.28. The maximum Gasteiger partial charge on any atom is 0.317 e. The summed E-state index contributed by atoms with van der Waals surface area (Å²) in [5.41, 5.74) is 3.11. The summed E-state index contributed by atoms with van der Waals surface area (Å²) in [6.45, 7) is 4.98. The Morgan fingerprint density at radius 3 is 2.68 bits per heavy atom. The fraction of sp³-hybridized carbons (Fsp3) is 0.526. The number of piperazine rings is 1. The van der Waals surface area contributed by atoms with Crippen LogP contribution in [0.5, 0.6) is 5.75 Å². The standard InChI is InChI=1S/C19H26N6O3/c1-20-19(26)24-9-7-23(8-10-24)11-16-17-13-28-18(12-25(17)22-21-16)14-3-5-15(27-2)6-4-14/h3-6,18H,7-13H2,1-2H3,(H,20,26)/t18-/m1/s1. The number of hydrogen-bond donors (Lipinski definition) is 1. The minimum atomic E-state index is -0.0379. The summed E-state index contributed by atoms with van der Waals surface area (Å²) >= 11 is 0. The fourth-order valence-electron chi connectivity index (χ4n) is 3.68. The minimum absolute atomic E-state index is 0.0151. The summed E-state index contributed by atoms with van der Waals surface area (Å²) in [6.07, 6.45) is -0.0379. The maximum absolute atomic E-state index is 11.7. The average molecular weight is 386 g/mol. The molecule has 0 bridgehead atoms. The molecule has 0 spiro atoms. The number of hydrogen-bond acceptors (Lipinski definition) is 6. The number of nitrogens with zero attached hydrogens (tertiary/aromatic N) is 5. The molecule has 2 aliphatic rings. The van der Waals surface area contributed by atoms with E-state index in [1.807, 2.05) is 33.8 Å². The molecular weight excluding hydrogens is 360 g/mol. The molecule has 1 aromatic carbocycles. The zero-order valence-electron chi connectivity index (χ0n) is 16.3. The Kier molecular flexibility index (Phi) is 5.45. The molecule has 0 aliphatic carbocycles. The monoisotopic (exact) mass is 386 g/mol. The number of amides is 2.